The van der Waals surface area contributed by atoms with E-state index in [1.54, 1.807) is 0 Å². The highest BCUT2D eigenvalue weighted by Gasteiger charge is 2.30. The van der Waals surface area contributed by atoms with Crippen molar-refractivity contribution in [2.45, 2.75) is 12.6 Å². The van der Waals surface area contributed by atoms with E-state index in [1.165, 1.54) is 37.4 Å². The number of methoxy groups -OCH3 is 1. The normalized spacial score (nSPS) is 11.1. The summed E-state index contributed by atoms with van der Waals surface area (Å²) in [6.07, 6.45) is -4.87. The number of carbonyl (C=O) groups is 2. The number of benzene rings is 2. The number of rotatable bonds is 6. The van der Waals surface area contributed by atoms with Crippen LogP contribution in [-0.4, -0.2) is 25.5 Å². The molecule has 0 saturated heterocycles. The third kappa shape index (κ3) is 5.23. The van der Waals surface area contributed by atoms with Crippen LogP contribution in [0.2, 0.25) is 5.02 Å². The van der Waals surface area contributed by atoms with Crippen LogP contribution in [0, 0.1) is 0 Å². The Morgan fingerprint density at radius 2 is 1.85 bits per heavy atom. The fraction of sp³-hybridized carbons (Fsp3) is 0.222. The Morgan fingerprint density at radius 3 is 2.46 bits per heavy atom. The lowest BCUT2D eigenvalue weighted by Crippen LogP contribution is -2.16. The lowest BCUT2D eigenvalue weighted by atomic mass is 10.1. The second-order valence-corrected chi connectivity index (χ2v) is 5.72. The molecule has 2 rings (SSSR count). The molecule has 26 heavy (non-hydrogen) atoms. The first-order chi connectivity index (χ1) is 12.2. The van der Waals surface area contributed by atoms with Gasteiger partial charge in [0.25, 0.3) is 0 Å². The van der Waals surface area contributed by atoms with Gasteiger partial charge in [0.2, 0.25) is 0 Å². The number of ketones is 1. The minimum atomic E-state index is -4.50. The Bertz CT molecular complexity index is 818. The summed E-state index contributed by atoms with van der Waals surface area (Å²) >= 11 is 5.92. The average molecular weight is 387 g/mol. The number of ether oxygens (including phenoxy) is 2. The molecule has 0 atom stereocenters. The monoisotopic (exact) mass is 386 g/mol. The van der Waals surface area contributed by atoms with Crippen LogP contribution in [-0.2, 0) is 22.1 Å². The molecule has 0 fully saturated rings. The third-order valence-electron chi connectivity index (χ3n) is 3.44. The molecule has 2 aromatic carbocycles. The summed E-state index contributed by atoms with van der Waals surface area (Å²) in [5, 5.41) is 0.230. The number of hydrogen-bond acceptors (Lipinski definition) is 4. The molecule has 0 unspecified atom stereocenters. The SMILES string of the molecule is COc1ccc(C(=O)COC(=O)Cc2cccc(C(F)(F)F)c2)cc1Cl. The Balaban J connectivity index is 1.94. The quantitative estimate of drug-likeness (QED) is 0.547. The lowest BCUT2D eigenvalue weighted by Gasteiger charge is -2.09. The maximum Gasteiger partial charge on any atom is 0.416 e. The van der Waals surface area contributed by atoms with Gasteiger partial charge in [0.05, 0.1) is 24.1 Å². The van der Waals surface area contributed by atoms with E-state index in [-0.39, 0.29) is 22.6 Å². The standard InChI is InChI=1S/C18H14ClF3O4/c1-25-16-6-5-12(9-14(16)19)15(23)10-26-17(24)8-11-3-2-4-13(7-11)18(20,21)22/h2-7,9H,8,10H2,1H3. The van der Waals surface area contributed by atoms with Crippen LogP contribution in [0.25, 0.3) is 0 Å². The molecular weight excluding hydrogens is 373 g/mol. The molecule has 0 aliphatic heterocycles. The maximum absolute atomic E-state index is 12.7. The molecule has 0 heterocycles. The van der Waals surface area contributed by atoms with Crippen LogP contribution >= 0.6 is 11.6 Å². The highest BCUT2D eigenvalue weighted by atomic mass is 35.5. The van der Waals surface area contributed by atoms with Crippen LogP contribution in [0.5, 0.6) is 5.75 Å². The van der Waals surface area contributed by atoms with Crippen LogP contribution in [0.4, 0.5) is 13.2 Å². The fourth-order valence-corrected chi connectivity index (χ4v) is 2.40. The van der Waals surface area contributed by atoms with E-state index < -0.39 is 30.1 Å². The predicted molar refractivity (Wildman–Crippen MR) is 88.4 cm³/mol. The van der Waals surface area contributed by atoms with Gasteiger partial charge in [-0.15, -0.1) is 0 Å². The summed E-state index contributed by atoms with van der Waals surface area (Å²) in [5.41, 5.74) is -0.487. The van der Waals surface area contributed by atoms with Crippen molar-refractivity contribution in [3.63, 3.8) is 0 Å². The minimum absolute atomic E-state index is 0.143. The van der Waals surface area contributed by atoms with Crippen molar-refractivity contribution in [1.29, 1.82) is 0 Å². The second kappa shape index (κ2) is 8.23. The number of esters is 1. The van der Waals surface area contributed by atoms with Gasteiger partial charge in [0.1, 0.15) is 5.75 Å². The van der Waals surface area contributed by atoms with Crippen molar-refractivity contribution in [3.05, 3.63) is 64.2 Å². The zero-order valence-electron chi connectivity index (χ0n) is 13.6. The van der Waals surface area contributed by atoms with Gasteiger partial charge in [-0.1, -0.05) is 29.8 Å². The van der Waals surface area contributed by atoms with Crippen molar-refractivity contribution >= 4 is 23.4 Å². The molecule has 0 bridgehead atoms. The van der Waals surface area contributed by atoms with Gasteiger partial charge in [-0.05, 0) is 29.8 Å². The van der Waals surface area contributed by atoms with Crippen LogP contribution < -0.4 is 4.74 Å². The summed E-state index contributed by atoms with van der Waals surface area (Å²) in [6.45, 7) is -0.541. The van der Waals surface area contributed by atoms with E-state index >= 15 is 0 Å². The molecule has 0 radical (unpaired) electrons. The first-order valence-electron chi connectivity index (χ1n) is 7.39. The van der Waals surface area contributed by atoms with Crippen molar-refractivity contribution in [2.24, 2.45) is 0 Å². The Kier molecular flexibility index (Phi) is 6.26. The van der Waals surface area contributed by atoms with Gasteiger partial charge in [-0.3, -0.25) is 9.59 Å². The Labute approximate surface area is 152 Å². The minimum Gasteiger partial charge on any atom is -0.495 e. The summed E-state index contributed by atoms with van der Waals surface area (Å²) in [5.74, 6) is -0.908. The second-order valence-electron chi connectivity index (χ2n) is 5.31. The lowest BCUT2D eigenvalue weighted by molar-refractivity contribution is -0.142. The Hall–Kier alpha value is -2.54. The zero-order chi connectivity index (χ0) is 19.3. The molecule has 8 heteroatoms. The fourth-order valence-electron chi connectivity index (χ4n) is 2.14. The number of halogens is 4. The van der Waals surface area contributed by atoms with Crippen molar-refractivity contribution in [2.75, 3.05) is 13.7 Å². The van der Waals surface area contributed by atoms with E-state index in [2.05, 4.69) is 0 Å². The summed E-state index contributed by atoms with van der Waals surface area (Å²) in [4.78, 5) is 23.8. The van der Waals surface area contributed by atoms with Gasteiger partial charge in [0, 0.05) is 5.56 Å². The summed E-state index contributed by atoms with van der Waals surface area (Å²) < 4.78 is 47.8. The van der Waals surface area contributed by atoms with E-state index in [0.717, 1.165) is 12.1 Å². The predicted octanol–water partition coefficient (Wildman–Crippen LogP) is 4.34. The van der Waals surface area contributed by atoms with E-state index in [1.807, 2.05) is 0 Å². The third-order valence-corrected chi connectivity index (χ3v) is 3.74. The van der Waals surface area contributed by atoms with Gasteiger partial charge in [0.15, 0.2) is 12.4 Å². The topological polar surface area (TPSA) is 52.6 Å². The average Bonchev–Trinajstić information content (AvgIpc) is 2.59. The van der Waals surface area contributed by atoms with Crippen molar-refractivity contribution in [1.82, 2.24) is 0 Å². The van der Waals surface area contributed by atoms with E-state index in [0.29, 0.717) is 5.75 Å². The van der Waals surface area contributed by atoms with Gasteiger partial charge in [-0.25, -0.2) is 0 Å². The highest BCUT2D eigenvalue weighted by Crippen LogP contribution is 2.29. The molecule has 138 valence electrons. The molecule has 4 nitrogen and oxygen atoms in total. The number of hydrogen-bond donors (Lipinski definition) is 0. The van der Waals surface area contributed by atoms with Crippen LogP contribution in [0.15, 0.2) is 42.5 Å². The van der Waals surface area contributed by atoms with Crippen LogP contribution in [0.3, 0.4) is 0 Å². The highest BCUT2D eigenvalue weighted by molar-refractivity contribution is 6.32. The molecular formula is C18H14ClF3O4. The summed E-state index contributed by atoms with van der Waals surface area (Å²) in [7, 11) is 1.43. The number of Topliss-reactive ketones (excluding diaryl/α,β-unsaturated/α-hetero) is 1. The first kappa shape index (κ1) is 19.8. The van der Waals surface area contributed by atoms with E-state index in [9.17, 15) is 22.8 Å². The number of carbonyl (C=O) groups excluding carboxylic acids is 2. The van der Waals surface area contributed by atoms with Crippen molar-refractivity contribution in [3.8, 4) is 5.75 Å². The smallest absolute Gasteiger partial charge is 0.416 e. The van der Waals surface area contributed by atoms with Crippen molar-refractivity contribution < 1.29 is 32.2 Å². The molecule has 0 amide bonds. The molecule has 0 spiro atoms. The van der Waals surface area contributed by atoms with Crippen LogP contribution in [0.1, 0.15) is 21.5 Å². The number of alkyl halides is 3. The van der Waals surface area contributed by atoms with Gasteiger partial charge >= 0.3 is 12.1 Å². The van der Waals surface area contributed by atoms with Gasteiger partial charge in [-0.2, -0.15) is 13.2 Å². The largest absolute Gasteiger partial charge is 0.495 e. The molecule has 0 aliphatic carbocycles. The molecule has 0 aromatic heterocycles. The Morgan fingerprint density at radius 1 is 1.12 bits per heavy atom. The maximum atomic E-state index is 12.7. The first-order valence-corrected chi connectivity index (χ1v) is 7.77. The molecule has 0 N–H and O–H groups in total. The molecule has 2 aromatic rings. The molecule has 0 saturated carbocycles. The zero-order valence-corrected chi connectivity index (χ0v) is 14.4. The van der Waals surface area contributed by atoms with E-state index in [4.69, 9.17) is 21.1 Å². The molecule has 0 aliphatic rings. The van der Waals surface area contributed by atoms with Gasteiger partial charge < -0.3 is 9.47 Å². The summed E-state index contributed by atoms with van der Waals surface area (Å²) in [6, 6.07) is 8.70.